The van der Waals surface area contributed by atoms with Gasteiger partial charge in [0.2, 0.25) is 5.95 Å². The van der Waals surface area contributed by atoms with E-state index in [1.165, 1.54) is 5.56 Å². The van der Waals surface area contributed by atoms with E-state index in [0.29, 0.717) is 6.04 Å². The minimum absolute atomic E-state index is 0.154. The number of aliphatic hydroxyl groups is 1. The molecule has 144 valence electrons. The molecule has 1 aromatic heterocycles. The molecular formula is C21H29N5O. The Labute approximate surface area is 161 Å². The van der Waals surface area contributed by atoms with E-state index >= 15 is 0 Å². The number of nitrogens with zero attached hydrogens (tertiary/aromatic N) is 4. The highest BCUT2D eigenvalue weighted by Crippen LogP contribution is 2.23. The van der Waals surface area contributed by atoms with E-state index in [9.17, 15) is 5.11 Å². The molecule has 3 heterocycles. The summed E-state index contributed by atoms with van der Waals surface area (Å²) in [5, 5.41) is 13.1. The van der Waals surface area contributed by atoms with Crippen LogP contribution in [0.15, 0.2) is 42.6 Å². The molecule has 0 amide bonds. The van der Waals surface area contributed by atoms with Gasteiger partial charge in [-0.2, -0.15) is 4.98 Å². The largest absolute Gasteiger partial charge is 0.394 e. The van der Waals surface area contributed by atoms with Crippen molar-refractivity contribution in [2.45, 2.75) is 44.3 Å². The summed E-state index contributed by atoms with van der Waals surface area (Å²) in [6, 6.07) is 13.2. The van der Waals surface area contributed by atoms with E-state index in [0.717, 1.165) is 63.6 Å². The highest BCUT2D eigenvalue weighted by Gasteiger charge is 2.26. The van der Waals surface area contributed by atoms with Crippen LogP contribution in [0, 0.1) is 0 Å². The summed E-state index contributed by atoms with van der Waals surface area (Å²) in [6.45, 7) is 4.32. The predicted molar refractivity (Wildman–Crippen MR) is 108 cm³/mol. The van der Waals surface area contributed by atoms with Crippen molar-refractivity contribution in [1.29, 1.82) is 0 Å². The lowest BCUT2D eigenvalue weighted by Crippen LogP contribution is -2.39. The van der Waals surface area contributed by atoms with Gasteiger partial charge in [-0.3, -0.25) is 4.90 Å². The van der Waals surface area contributed by atoms with Crippen LogP contribution in [0.2, 0.25) is 0 Å². The van der Waals surface area contributed by atoms with Crippen molar-refractivity contribution in [3.8, 4) is 0 Å². The van der Waals surface area contributed by atoms with Crippen molar-refractivity contribution in [2.24, 2.45) is 0 Å². The third-order valence-electron chi connectivity index (χ3n) is 5.68. The van der Waals surface area contributed by atoms with Gasteiger partial charge in [-0.25, -0.2) is 4.98 Å². The third kappa shape index (κ3) is 4.57. The predicted octanol–water partition coefficient (Wildman–Crippen LogP) is 2.51. The molecule has 1 unspecified atom stereocenters. The molecule has 0 spiro atoms. The lowest BCUT2D eigenvalue weighted by Gasteiger charge is -2.32. The first kappa shape index (κ1) is 18.2. The number of hydrogen-bond donors (Lipinski definition) is 2. The highest BCUT2D eigenvalue weighted by atomic mass is 16.3. The molecule has 0 bridgehead atoms. The van der Waals surface area contributed by atoms with Crippen molar-refractivity contribution in [3.63, 3.8) is 0 Å². The molecule has 4 rings (SSSR count). The number of likely N-dealkylation sites (tertiary alicyclic amines) is 1. The van der Waals surface area contributed by atoms with Crippen molar-refractivity contribution < 1.29 is 5.11 Å². The minimum atomic E-state index is 0.154. The maximum Gasteiger partial charge on any atom is 0.227 e. The Bertz CT molecular complexity index is 718. The molecule has 27 heavy (non-hydrogen) atoms. The van der Waals surface area contributed by atoms with E-state index in [-0.39, 0.29) is 12.6 Å². The summed E-state index contributed by atoms with van der Waals surface area (Å²) in [4.78, 5) is 13.8. The summed E-state index contributed by atoms with van der Waals surface area (Å²) < 4.78 is 0. The summed E-state index contributed by atoms with van der Waals surface area (Å²) in [7, 11) is 0. The molecule has 2 fully saturated rings. The van der Waals surface area contributed by atoms with E-state index < -0.39 is 0 Å². The first-order chi connectivity index (χ1) is 13.3. The molecule has 1 atom stereocenters. The molecular weight excluding hydrogens is 338 g/mol. The zero-order valence-corrected chi connectivity index (χ0v) is 15.8. The maximum absolute atomic E-state index is 9.54. The summed E-state index contributed by atoms with van der Waals surface area (Å²) in [5.74, 6) is 1.63. The number of anilines is 2. The molecule has 2 aromatic rings. The van der Waals surface area contributed by atoms with Gasteiger partial charge in [0.05, 0.1) is 12.6 Å². The molecule has 6 heteroatoms. The Morgan fingerprint density at radius 1 is 1.04 bits per heavy atom. The average Bonchev–Trinajstić information content (AvgIpc) is 3.19. The van der Waals surface area contributed by atoms with Crippen LogP contribution in [-0.4, -0.2) is 58.3 Å². The second-order valence-electron chi connectivity index (χ2n) is 7.59. The minimum Gasteiger partial charge on any atom is -0.394 e. The van der Waals surface area contributed by atoms with Gasteiger partial charge in [-0.05, 0) is 37.3 Å². The van der Waals surface area contributed by atoms with Gasteiger partial charge in [0.15, 0.2) is 0 Å². The fourth-order valence-corrected chi connectivity index (χ4v) is 4.14. The second-order valence-corrected chi connectivity index (χ2v) is 7.59. The van der Waals surface area contributed by atoms with Gasteiger partial charge >= 0.3 is 0 Å². The number of benzene rings is 1. The van der Waals surface area contributed by atoms with Crippen molar-refractivity contribution in [3.05, 3.63) is 48.2 Å². The maximum atomic E-state index is 9.54. The summed E-state index contributed by atoms with van der Waals surface area (Å²) in [5.41, 5.74) is 1.38. The first-order valence-electron chi connectivity index (χ1n) is 10.0. The zero-order valence-electron chi connectivity index (χ0n) is 15.8. The second kappa shape index (κ2) is 8.67. The average molecular weight is 367 g/mol. The number of rotatable bonds is 6. The molecule has 2 N–H and O–H groups in total. The Balaban J connectivity index is 1.31. The molecule has 2 aliphatic heterocycles. The van der Waals surface area contributed by atoms with Crippen LogP contribution in [0.4, 0.5) is 11.8 Å². The molecule has 0 aliphatic carbocycles. The van der Waals surface area contributed by atoms with E-state index in [1.807, 2.05) is 12.3 Å². The number of piperidine rings is 1. The number of nitrogens with one attached hydrogen (secondary N) is 1. The van der Waals surface area contributed by atoms with Crippen LogP contribution >= 0.6 is 0 Å². The zero-order chi connectivity index (χ0) is 18.5. The Morgan fingerprint density at radius 2 is 1.85 bits per heavy atom. The van der Waals surface area contributed by atoms with Crippen LogP contribution in [0.5, 0.6) is 0 Å². The Hall–Kier alpha value is -2.18. The van der Waals surface area contributed by atoms with Crippen LogP contribution < -0.4 is 10.2 Å². The van der Waals surface area contributed by atoms with Gasteiger partial charge < -0.3 is 15.3 Å². The Morgan fingerprint density at radius 3 is 2.63 bits per heavy atom. The smallest absolute Gasteiger partial charge is 0.227 e. The topological polar surface area (TPSA) is 64.5 Å². The standard InChI is InChI=1S/C21H29N5O/c27-16-19-7-4-12-26(19)21-22-11-8-20(24-21)23-18-9-13-25(14-10-18)15-17-5-2-1-3-6-17/h1-3,5-6,8,11,18-19,27H,4,7,9-10,12-16H2,(H,22,23,24). The van der Waals surface area contributed by atoms with Crippen LogP contribution in [0.25, 0.3) is 0 Å². The molecule has 0 saturated carbocycles. The molecule has 0 radical (unpaired) electrons. The number of aromatic nitrogens is 2. The molecule has 2 saturated heterocycles. The first-order valence-corrected chi connectivity index (χ1v) is 10.0. The van der Waals surface area contributed by atoms with Crippen molar-refractivity contribution in [1.82, 2.24) is 14.9 Å². The van der Waals surface area contributed by atoms with Crippen molar-refractivity contribution in [2.75, 3.05) is 36.5 Å². The lowest BCUT2D eigenvalue weighted by atomic mass is 10.0. The fraction of sp³-hybridized carbons (Fsp3) is 0.524. The van der Waals surface area contributed by atoms with Gasteiger partial charge in [0.1, 0.15) is 5.82 Å². The van der Waals surface area contributed by atoms with Gasteiger partial charge in [0, 0.05) is 38.4 Å². The quantitative estimate of drug-likeness (QED) is 0.818. The van der Waals surface area contributed by atoms with E-state index in [2.05, 4.69) is 50.4 Å². The van der Waals surface area contributed by atoms with Gasteiger partial charge in [0.25, 0.3) is 0 Å². The van der Waals surface area contributed by atoms with Crippen molar-refractivity contribution >= 4 is 11.8 Å². The fourth-order valence-electron chi connectivity index (χ4n) is 4.14. The van der Waals surface area contributed by atoms with Crippen LogP contribution in [-0.2, 0) is 6.54 Å². The van der Waals surface area contributed by atoms with Gasteiger partial charge in [-0.15, -0.1) is 0 Å². The SMILES string of the molecule is OCC1CCCN1c1nccc(NC2CCN(Cc3ccccc3)CC2)n1. The molecule has 1 aromatic carbocycles. The summed E-state index contributed by atoms with van der Waals surface area (Å²) in [6.07, 6.45) is 6.16. The van der Waals surface area contributed by atoms with Crippen LogP contribution in [0.1, 0.15) is 31.2 Å². The lowest BCUT2D eigenvalue weighted by molar-refractivity contribution is 0.211. The summed E-state index contributed by atoms with van der Waals surface area (Å²) >= 11 is 0. The van der Waals surface area contributed by atoms with Crippen LogP contribution in [0.3, 0.4) is 0 Å². The van der Waals surface area contributed by atoms with E-state index in [1.54, 1.807) is 0 Å². The molecule has 6 nitrogen and oxygen atoms in total. The normalized spacial score (nSPS) is 21.5. The van der Waals surface area contributed by atoms with E-state index in [4.69, 9.17) is 4.98 Å². The monoisotopic (exact) mass is 367 g/mol. The third-order valence-corrected chi connectivity index (χ3v) is 5.68. The highest BCUT2D eigenvalue weighted by molar-refractivity contribution is 5.43. The number of aliphatic hydroxyl groups excluding tert-OH is 1. The number of hydrogen-bond acceptors (Lipinski definition) is 6. The van der Waals surface area contributed by atoms with Gasteiger partial charge in [-0.1, -0.05) is 30.3 Å². The Kier molecular flexibility index (Phi) is 5.84. The molecule has 2 aliphatic rings.